The van der Waals surface area contributed by atoms with E-state index in [4.69, 9.17) is 14.2 Å². The summed E-state index contributed by atoms with van der Waals surface area (Å²) in [6.45, 7) is 3.86. The molecule has 0 saturated carbocycles. The molecule has 0 bridgehead atoms. The Morgan fingerprint density at radius 3 is 2.60 bits per heavy atom. The van der Waals surface area contributed by atoms with E-state index in [0.29, 0.717) is 36.2 Å². The molecule has 1 aromatic heterocycles. The highest BCUT2D eigenvalue weighted by molar-refractivity contribution is 5.55. The minimum atomic E-state index is -0.0496. The minimum absolute atomic E-state index is 0.0496. The predicted octanol–water partition coefficient (Wildman–Crippen LogP) is 1.66. The highest BCUT2D eigenvalue weighted by Gasteiger charge is 2.23. The zero-order valence-electron chi connectivity index (χ0n) is 15.0. The molecule has 0 aliphatic carbocycles. The summed E-state index contributed by atoms with van der Waals surface area (Å²) >= 11 is 0. The summed E-state index contributed by atoms with van der Waals surface area (Å²) < 4.78 is 16.3. The van der Waals surface area contributed by atoms with E-state index in [1.807, 2.05) is 19.1 Å². The van der Waals surface area contributed by atoms with Gasteiger partial charge in [0.05, 0.1) is 32.6 Å². The number of nitrogens with zero attached hydrogens (tertiary/aromatic N) is 2. The molecule has 0 spiro atoms. The summed E-state index contributed by atoms with van der Waals surface area (Å²) in [5.74, 6) is 2.53. The summed E-state index contributed by atoms with van der Waals surface area (Å²) in [4.78, 5) is 21.7. The van der Waals surface area contributed by atoms with Crippen LogP contribution in [0.4, 0.5) is 0 Å². The molecule has 2 heterocycles. The van der Waals surface area contributed by atoms with Crippen LogP contribution in [0.25, 0.3) is 0 Å². The predicted molar refractivity (Wildman–Crippen MR) is 93.5 cm³/mol. The summed E-state index contributed by atoms with van der Waals surface area (Å²) in [5, 5.41) is 0. The molecule has 1 aromatic carbocycles. The topological polar surface area (TPSA) is 76.7 Å². The molecular weight excluding hydrogens is 322 g/mol. The average Bonchev–Trinajstić information content (AvgIpc) is 2.61. The van der Waals surface area contributed by atoms with Gasteiger partial charge in [0.1, 0.15) is 5.82 Å². The van der Waals surface area contributed by atoms with E-state index in [0.717, 1.165) is 29.8 Å². The van der Waals surface area contributed by atoms with Gasteiger partial charge in [-0.05, 0) is 13.0 Å². The van der Waals surface area contributed by atoms with Crippen LogP contribution in [0.3, 0.4) is 0 Å². The first kappa shape index (κ1) is 17.3. The maximum atomic E-state index is 12.2. The van der Waals surface area contributed by atoms with Gasteiger partial charge in [-0.1, -0.05) is 6.07 Å². The number of hydrogen-bond acceptors (Lipinski definition) is 6. The van der Waals surface area contributed by atoms with Gasteiger partial charge in [-0.2, -0.15) is 0 Å². The lowest BCUT2D eigenvalue weighted by molar-refractivity contribution is 0.236. The van der Waals surface area contributed by atoms with Crippen LogP contribution >= 0.6 is 0 Å². The van der Waals surface area contributed by atoms with Crippen LogP contribution in [0.2, 0.25) is 0 Å². The van der Waals surface area contributed by atoms with E-state index in [1.54, 1.807) is 21.3 Å². The summed E-state index contributed by atoms with van der Waals surface area (Å²) in [7, 11) is 4.80. The molecule has 0 amide bonds. The van der Waals surface area contributed by atoms with Gasteiger partial charge in [0, 0.05) is 31.6 Å². The van der Waals surface area contributed by atoms with Crippen molar-refractivity contribution < 1.29 is 14.2 Å². The zero-order valence-corrected chi connectivity index (χ0v) is 15.0. The number of aromatic nitrogens is 2. The van der Waals surface area contributed by atoms with Crippen molar-refractivity contribution >= 4 is 0 Å². The van der Waals surface area contributed by atoms with Crippen LogP contribution in [0, 0.1) is 6.92 Å². The number of aryl methyl sites for hydroxylation is 1. The standard InChI is InChI=1S/C18H23N3O4/c1-11-19-14-7-8-21(10-13(14)18(22)20-11)9-12-5-6-15(23-2)17(25-4)16(12)24-3/h5-6H,7-10H2,1-4H3,(H,19,20,22). The molecule has 3 rings (SSSR count). The Labute approximate surface area is 146 Å². The van der Waals surface area contributed by atoms with Crippen molar-refractivity contribution in [3.63, 3.8) is 0 Å². The normalized spacial score (nSPS) is 14.1. The molecule has 1 aliphatic rings. The van der Waals surface area contributed by atoms with Crippen molar-refractivity contribution in [3.05, 3.63) is 45.1 Å². The number of hydrogen-bond donors (Lipinski definition) is 1. The number of benzene rings is 1. The fourth-order valence-electron chi connectivity index (χ4n) is 3.27. The van der Waals surface area contributed by atoms with Crippen molar-refractivity contribution in [1.82, 2.24) is 14.9 Å². The lowest BCUT2D eigenvalue weighted by Crippen LogP contribution is -2.35. The molecule has 7 heteroatoms. The number of aromatic amines is 1. The number of H-pyrrole nitrogens is 1. The third kappa shape index (κ3) is 3.32. The molecular formula is C18H23N3O4. The molecule has 0 unspecified atom stereocenters. The molecule has 1 aliphatic heterocycles. The molecule has 1 N–H and O–H groups in total. The maximum absolute atomic E-state index is 12.2. The van der Waals surface area contributed by atoms with Crippen LogP contribution in [0.5, 0.6) is 17.2 Å². The fourth-order valence-corrected chi connectivity index (χ4v) is 3.27. The van der Waals surface area contributed by atoms with Gasteiger partial charge in [0.25, 0.3) is 5.56 Å². The van der Waals surface area contributed by atoms with E-state index in [1.165, 1.54) is 0 Å². The monoisotopic (exact) mass is 345 g/mol. The Bertz CT molecular complexity index is 832. The van der Waals surface area contributed by atoms with Crippen molar-refractivity contribution in [1.29, 1.82) is 0 Å². The van der Waals surface area contributed by atoms with Gasteiger partial charge in [0.15, 0.2) is 11.5 Å². The Morgan fingerprint density at radius 1 is 1.16 bits per heavy atom. The van der Waals surface area contributed by atoms with Crippen molar-refractivity contribution in [2.24, 2.45) is 0 Å². The van der Waals surface area contributed by atoms with Crippen molar-refractivity contribution in [2.75, 3.05) is 27.9 Å². The van der Waals surface area contributed by atoms with E-state index in [9.17, 15) is 4.79 Å². The van der Waals surface area contributed by atoms with Crippen molar-refractivity contribution in [2.45, 2.75) is 26.4 Å². The van der Waals surface area contributed by atoms with Gasteiger partial charge in [-0.15, -0.1) is 0 Å². The number of fused-ring (bicyclic) bond motifs is 1. The second-order valence-corrected chi connectivity index (χ2v) is 6.03. The fraction of sp³-hybridized carbons (Fsp3) is 0.444. The number of methoxy groups -OCH3 is 3. The zero-order chi connectivity index (χ0) is 18.0. The lowest BCUT2D eigenvalue weighted by atomic mass is 10.1. The first-order valence-electron chi connectivity index (χ1n) is 8.16. The number of rotatable bonds is 5. The molecule has 0 radical (unpaired) electrons. The SMILES string of the molecule is COc1ccc(CN2CCc3nc(C)[nH]c(=O)c3C2)c(OC)c1OC. The van der Waals surface area contributed by atoms with Crippen LogP contribution in [0.15, 0.2) is 16.9 Å². The Morgan fingerprint density at radius 2 is 1.92 bits per heavy atom. The van der Waals surface area contributed by atoms with E-state index in [-0.39, 0.29) is 5.56 Å². The van der Waals surface area contributed by atoms with E-state index in [2.05, 4.69) is 14.9 Å². The molecule has 7 nitrogen and oxygen atoms in total. The smallest absolute Gasteiger partial charge is 0.255 e. The summed E-state index contributed by atoms with van der Waals surface area (Å²) in [6.07, 6.45) is 0.760. The van der Waals surface area contributed by atoms with Gasteiger partial charge in [-0.3, -0.25) is 9.69 Å². The Balaban J connectivity index is 1.87. The lowest BCUT2D eigenvalue weighted by Gasteiger charge is -2.28. The van der Waals surface area contributed by atoms with Gasteiger partial charge in [0.2, 0.25) is 5.75 Å². The number of ether oxygens (including phenoxy) is 3. The third-order valence-corrected chi connectivity index (χ3v) is 4.45. The molecule has 134 valence electrons. The van der Waals surface area contributed by atoms with Crippen molar-refractivity contribution in [3.8, 4) is 17.2 Å². The van der Waals surface area contributed by atoms with Gasteiger partial charge < -0.3 is 19.2 Å². The largest absolute Gasteiger partial charge is 0.493 e. The molecule has 0 saturated heterocycles. The molecule has 25 heavy (non-hydrogen) atoms. The first-order chi connectivity index (χ1) is 12.1. The first-order valence-corrected chi connectivity index (χ1v) is 8.16. The summed E-state index contributed by atoms with van der Waals surface area (Å²) in [5.41, 5.74) is 2.58. The number of nitrogens with one attached hydrogen (secondary N) is 1. The van der Waals surface area contributed by atoms with Crippen LogP contribution in [-0.4, -0.2) is 42.7 Å². The second kappa shape index (κ2) is 7.14. The van der Waals surface area contributed by atoms with Gasteiger partial charge in [-0.25, -0.2) is 4.98 Å². The third-order valence-electron chi connectivity index (χ3n) is 4.45. The van der Waals surface area contributed by atoms with Crippen LogP contribution < -0.4 is 19.8 Å². The summed E-state index contributed by atoms with van der Waals surface area (Å²) in [6, 6.07) is 3.83. The van der Waals surface area contributed by atoms with Gasteiger partial charge >= 0.3 is 0 Å². The Kier molecular flexibility index (Phi) is 4.94. The minimum Gasteiger partial charge on any atom is -0.493 e. The highest BCUT2D eigenvalue weighted by atomic mass is 16.5. The average molecular weight is 345 g/mol. The van der Waals surface area contributed by atoms with Crippen LogP contribution in [0.1, 0.15) is 22.6 Å². The quantitative estimate of drug-likeness (QED) is 0.888. The maximum Gasteiger partial charge on any atom is 0.255 e. The molecule has 2 aromatic rings. The van der Waals surface area contributed by atoms with Crippen LogP contribution in [-0.2, 0) is 19.5 Å². The Hall–Kier alpha value is -2.54. The molecule has 0 atom stereocenters. The highest BCUT2D eigenvalue weighted by Crippen LogP contribution is 2.40. The van der Waals surface area contributed by atoms with E-state index < -0.39 is 0 Å². The molecule has 0 fully saturated rings. The van der Waals surface area contributed by atoms with E-state index >= 15 is 0 Å². The second-order valence-electron chi connectivity index (χ2n) is 6.03.